The number of Topliss-reactive ketones (excluding diaryl/α,β-unsaturated/α-hetero) is 1. The van der Waals surface area contributed by atoms with Crippen LogP contribution in [0.15, 0.2) is 66.0 Å². The molecule has 3 aromatic rings. The Labute approximate surface area is 172 Å². The van der Waals surface area contributed by atoms with Gasteiger partial charge in [-0.15, -0.1) is 11.3 Å². The van der Waals surface area contributed by atoms with Gasteiger partial charge in [-0.1, -0.05) is 6.07 Å². The molecule has 0 aliphatic carbocycles. The molecule has 6 nitrogen and oxygen atoms in total. The van der Waals surface area contributed by atoms with Gasteiger partial charge in [0.1, 0.15) is 30.8 Å². The van der Waals surface area contributed by atoms with E-state index in [1.807, 2.05) is 11.4 Å². The normalized spacial score (nSPS) is 11.5. The fourth-order valence-electron chi connectivity index (χ4n) is 2.45. The Balaban J connectivity index is 1.42. The molecule has 0 unspecified atom stereocenters. The highest BCUT2D eigenvalue weighted by Crippen LogP contribution is 2.18. The average Bonchev–Trinajstić information content (AvgIpc) is 3.27. The summed E-state index contributed by atoms with van der Waals surface area (Å²) in [4.78, 5) is 23.9. The van der Waals surface area contributed by atoms with Crippen LogP contribution in [0.1, 0.15) is 27.0 Å². The van der Waals surface area contributed by atoms with E-state index in [1.165, 1.54) is 18.3 Å². The predicted molar refractivity (Wildman–Crippen MR) is 112 cm³/mol. The van der Waals surface area contributed by atoms with Gasteiger partial charge in [0.25, 0.3) is 5.91 Å². The average molecular weight is 411 g/mol. The van der Waals surface area contributed by atoms with E-state index in [4.69, 9.17) is 9.47 Å². The van der Waals surface area contributed by atoms with Gasteiger partial charge in [0.05, 0.1) is 4.88 Å². The van der Waals surface area contributed by atoms with Crippen molar-refractivity contribution in [1.29, 1.82) is 0 Å². The number of hydrogen-bond acceptors (Lipinski definition) is 6. The zero-order chi connectivity index (χ0) is 20.6. The molecule has 1 atom stereocenters. The van der Waals surface area contributed by atoms with Gasteiger partial charge in [0.2, 0.25) is 0 Å². The summed E-state index contributed by atoms with van der Waals surface area (Å²) < 4.78 is 11.1. The topological polar surface area (TPSA) is 84.9 Å². The van der Waals surface area contributed by atoms with E-state index in [9.17, 15) is 14.7 Å². The third-order valence-corrected chi connectivity index (χ3v) is 4.87. The van der Waals surface area contributed by atoms with Crippen molar-refractivity contribution in [3.63, 3.8) is 0 Å². The van der Waals surface area contributed by atoms with Crippen molar-refractivity contribution in [3.05, 3.63) is 76.5 Å². The Hall–Kier alpha value is -3.16. The first kappa shape index (κ1) is 20.6. The molecule has 0 aliphatic rings. The van der Waals surface area contributed by atoms with Crippen molar-refractivity contribution in [2.45, 2.75) is 13.0 Å². The molecule has 3 rings (SSSR count). The summed E-state index contributed by atoms with van der Waals surface area (Å²) in [5, 5.41) is 14.7. The number of benzene rings is 2. The molecule has 0 saturated heterocycles. The van der Waals surface area contributed by atoms with Gasteiger partial charge in [-0.3, -0.25) is 9.59 Å². The highest BCUT2D eigenvalue weighted by Gasteiger charge is 2.09. The van der Waals surface area contributed by atoms with Crippen LogP contribution in [0.3, 0.4) is 0 Å². The number of thiophene rings is 1. The third-order valence-electron chi connectivity index (χ3n) is 4.00. The van der Waals surface area contributed by atoms with Crippen LogP contribution in [0.4, 0.5) is 5.69 Å². The lowest BCUT2D eigenvalue weighted by atomic mass is 10.1. The highest BCUT2D eigenvalue weighted by molar-refractivity contribution is 7.12. The molecule has 2 aromatic carbocycles. The van der Waals surface area contributed by atoms with Crippen molar-refractivity contribution in [2.24, 2.45) is 0 Å². The lowest BCUT2D eigenvalue weighted by Gasteiger charge is -2.14. The van der Waals surface area contributed by atoms with Gasteiger partial charge >= 0.3 is 0 Å². The first-order valence-corrected chi connectivity index (χ1v) is 9.89. The number of nitrogens with one attached hydrogen (secondary N) is 1. The molecule has 1 aromatic heterocycles. The summed E-state index contributed by atoms with van der Waals surface area (Å²) in [6.07, 6.45) is -0.819. The zero-order valence-electron chi connectivity index (χ0n) is 15.8. The van der Waals surface area contributed by atoms with Gasteiger partial charge in [-0.25, -0.2) is 0 Å². The number of amides is 1. The number of aliphatic hydroxyl groups excluding tert-OH is 1. The molecular formula is C22H21NO5S. The summed E-state index contributed by atoms with van der Waals surface area (Å²) in [6, 6.07) is 17.2. The van der Waals surface area contributed by atoms with Crippen LogP contribution < -0.4 is 14.8 Å². The van der Waals surface area contributed by atoms with E-state index in [0.29, 0.717) is 27.6 Å². The summed E-state index contributed by atoms with van der Waals surface area (Å²) >= 11 is 1.38. The van der Waals surface area contributed by atoms with Crippen molar-refractivity contribution >= 4 is 28.7 Å². The summed E-state index contributed by atoms with van der Waals surface area (Å²) in [7, 11) is 0. The SMILES string of the molecule is CC(=O)c1ccc(OC[C@H](O)COc2ccc(NC(=O)c3cccs3)cc2)cc1. The second-order valence-corrected chi connectivity index (χ2v) is 7.26. The van der Waals surface area contributed by atoms with Gasteiger partial charge in [0, 0.05) is 11.3 Å². The van der Waals surface area contributed by atoms with Crippen LogP contribution >= 0.6 is 11.3 Å². The molecule has 0 fully saturated rings. The number of aliphatic hydroxyl groups is 1. The van der Waals surface area contributed by atoms with Crippen molar-refractivity contribution < 1.29 is 24.2 Å². The van der Waals surface area contributed by atoms with Crippen LogP contribution in [-0.2, 0) is 0 Å². The van der Waals surface area contributed by atoms with Gasteiger partial charge in [0.15, 0.2) is 5.78 Å². The molecule has 2 N–H and O–H groups in total. The molecule has 150 valence electrons. The lowest BCUT2D eigenvalue weighted by Crippen LogP contribution is -2.25. The van der Waals surface area contributed by atoms with Crippen molar-refractivity contribution in [2.75, 3.05) is 18.5 Å². The molecule has 0 bridgehead atoms. The second kappa shape index (κ2) is 9.86. The molecule has 1 heterocycles. The first-order valence-electron chi connectivity index (χ1n) is 9.01. The molecule has 0 aliphatic heterocycles. The molecule has 0 radical (unpaired) electrons. The number of ketones is 1. The number of hydrogen-bond donors (Lipinski definition) is 2. The predicted octanol–water partition coefficient (Wildman–Crippen LogP) is 4.02. The molecule has 1 amide bonds. The zero-order valence-corrected chi connectivity index (χ0v) is 16.6. The summed E-state index contributed by atoms with van der Waals surface area (Å²) in [6.45, 7) is 1.63. The van der Waals surface area contributed by atoms with Crippen LogP contribution in [0.5, 0.6) is 11.5 Å². The Kier molecular flexibility index (Phi) is 6.99. The Morgan fingerprint density at radius 1 is 0.966 bits per heavy atom. The summed E-state index contributed by atoms with van der Waals surface area (Å²) in [5.41, 5.74) is 1.27. The van der Waals surface area contributed by atoms with E-state index in [1.54, 1.807) is 54.6 Å². The van der Waals surface area contributed by atoms with Gasteiger partial charge < -0.3 is 19.9 Å². The minimum Gasteiger partial charge on any atom is -0.491 e. The Bertz CT molecular complexity index is 936. The van der Waals surface area contributed by atoms with E-state index in [0.717, 1.165) is 0 Å². The quantitative estimate of drug-likeness (QED) is 0.520. The fraction of sp³-hybridized carbons (Fsp3) is 0.182. The van der Waals surface area contributed by atoms with Gasteiger partial charge in [-0.2, -0.15) is 0 Å². The van der Waals surface area contributed by atoms with Crippen molar-refractivity contribution in [1.82, 2.24) is 0 Å². The highest BCUT2D eigenvalue weighted by atomic mass is 32.1. The van der Waals surface area contributed by atoms with Gasteiger partial charge in [-0.05, 0) is 66.9 Å². The van der Waals surface area contributed by atoms with E-state index < -0.39 is 6.10 Å². The van der Waals surface area contributed by atoms with E-state index >= 15 is 0 Å². The number of carbonyl (C=O) groups is 2. The molecule has 0 spiro atoms. The number of carbonyl (C=O) groups excluding carboxylic acids is 2. The number of rotatable bonds is 9. The third kappa shape index (κ3) is 6.17. The van der Waals surface area contributed by atoms with Crippen LogP contribution in [0, 0.1) is 0 Å². The van der Waals surface area contributed by atoms with Crippen LogP contribution in [-0.4, -0.2) is 36.1 Å². The molecule has 29 heavy (non-hydrogen) atoms. The minimum absolute atomic E-state index is 0.0120. The monoisotopic (exact) mass is 411 g/mol. The maximum Gasteiger partial charge on any atom is 0.265 e. The van der Waals surface area contributed by atoms with E-state index in [-0.39, 0.29) is 24.9 Å². The minimum atomic E-state index is -0.819. The molecule has 7 heteroatoms. The fourth-order valence-corrected chi connectivity index (χ4v) is 3.07. The summed E-state index contributed by atoms with van der Waals surface area (Å²) in [5.74, 6) is 0.975. The lowest BCUT2D eigenvalue weighted by molar-refractivity contribution is 0.0626. The maximum atomic E-state index is 12.0. The van der Waals surface area contributed by atoms with Crippen LogP contribution in [0.25, 0.3) is 0 Å². The molecular weight excluding hydrogens is 390 g/mol. The maximum absolute atomic E-state index is 12.0. The first-order chi connectivity index (χ1) is 14.0. The van der Waals surface area contributed by atoms with Crippen LogP contribution in [0.2, 0.25) is 0 Å². The number of ether oxygens (including phenoxy) is 2. The standard InChI is InChI=1S/C22H21NO5S/c1-15(24)16-4-8-19(9-5-16)27-13-18(25)14-28-20-10-6-17(7-11-20)23-22(26)21-3-2-12-29-21/h2-12,18,25H,13-14H2,1H3,(H,23,26)/t18-/m0/s1. The Morgan fingerprint density at radius 2 is 1.55 bits per heavy atom. The Morgan fingerprint density at radius 3 is 2.07 bits per heavy atom. The van der Waals surface area contributed by atoms with Crippen molar-refractivity contribution in [3.8, 4) is 11.5 Å². The largest absolute Gasteiger partial charge is 0.491 e. The number of anilines is 1. The molecule has 0 saturated carbocycles. The smallest absolute Gasteiger partial charge is 0.265 e. The second-order valence-electron chi connectivity index (χ2n) is 6.31. The van der Waals surface area contributed by atoms with E-state index in [2.05, 4.69) is 5.32 Å².